The van der Waals surface area contributed by atoms with E-state index in [2.05, 4.69) is 15.5 Å². The number of benzene rings is 2. The molecule has 0 saturated carbocycles. The molecule has 2 aliphatic rings. The second-order valence-electron chi connectivity index (χ2n) is 8.89. The summed E-state index contributed by atoms with van der Waals surface area (Å²) in [6.45, 7) is 2.13. The molecule has 186 valence electrons. The Hall–Kier alpha value is -3.92. The molecule has 5 rings (SSSR count). The number of hydrogen-bond donors (Lipinski definition) is 1. The number of carbonyl (C=O) groups excluding carboxylic acids is 2. The summed E-state index contributed by atoms with van der Waals surface area (Å²) in [6.07, 6.45) is 4.18. The summed E-state index contributed by atoms with van der Waals surface area (Å²) >= 11 is 0. The first kappa shape index (κ1) is 23.8. The number of carbonyl (C=O) groups is 2. The predicted octanol–water partition coefficient (Wildman–Crippen LogP) is 3.32. The Kier molecular flexibility index (Phi) is 6.86. The average molecular weight is 494 g/mol. The van der Waals surface area contributed by atoms with Crippen molar-refractivity contribution < 1.29 is 23.1 Å². The van der Waals surface area contributed by atoms with Crippen molar-refractivity contribution in [3.05, 3.63) is 78.1 Å². The van der Waals surface area contributed by atoms with Crippen LogP contribution in [0.1, 0.15) is 23.2 Å². The fourth-order valence-corrected chi connectivity index (χ4v) is 4.37. The van der Waals surface area contributed by atoms with Crippen LogP contribution in [-0.2, 0) is 4.79 Å². The number of rotatable bonds is 6. The van der Waals surface area contributed by atoms with Gasteiger partial charge in [0.15, 0.2) is 0 Å². The lowest BCUT2D eigenvalue weighted by Gasteiger charge is -2.33. The van der Waals surface area contributed by atoms with Gasteiger partial charge in [-0.3, -0.25) is 14.5 Å². The van der Waals surface area contributed by atoms with Crippen molar-refractivity contribution in [3.8, 4) is 5.75 Å². The lowest BCUT2D eigenvalue weighted by molar-refractivity contribution is -0.123. The van der Waals surface area contributed by atoms with Crippen LogP contribution in [0.15, 0.2) is 60.9 Å². The third kappa shape index (κ3) is 5.18. The van der Waals surface area contributed by atoms with Crippen molar-refractivity contribution in [1.29, 1.82) is 0 Å². The van der Waals surface area contributed by atoms with Crippen LogP contribution in [0.3, 0.4) is 0 Å². The highest BCUT2D eigenvalue weighted by Gasteiger charge is 2.31. The second kappa shape index (κ2) is 10.4. The molecule has 2 aliphatic heterocycles. The Morgan fingerprint density at radius 2 is 1.64 bits per heavy atom. The van der Waals surface area contributed by atoms with E-state index in [0.29, 0.717) is 56.1 Å². The van der Waals surface area contributed by atoms with E-state index in [0.717, 1.165) is 18.2 Å². The van der Waals surface area contributed by atoms with Crippen LogP contribution < -0.4 is 15.0 Å². The molecule has 0 aliphatic carbocycles. The monoisotopic (exact) mass is 493 g/mol. The Morgan fingerprint density at radius 1 is 0.944 bits per heavy atom. The largest absolute Gasteiger partial charge is 0.490 e. The van der Waals surface area contributed by atoms with E-state index in [4.69, 9.17) is 4.74 Å². The van der Waals surface area contributed by atoms with Crippen LogP contribution in [-0.4, -0.2) is 59.2 Å². The second-order valence-corrected chi connectivity index (χ2v) is 8.89. The van der Waals surface area contributed by atoms with E-state index in [1.807, 2.05) is 24.3 Å². The summed E-state index contributed by atoms with van der Waals surface area (Å²) in [5, 5.41) is 10.8. The molecular weight excluding hydrogens is 468 g/mol. The fraction of sp³-hybridized carbons (Fsp3) is 0.308. The van der Waals surface area contributed by atoms with Gasteiger partial charge in [0.2, 0.25) is 5.91 Å². The van der Waals surface area contributed by atoms with Crippen LogP contribution in [0.25, 0.3) is 0 Å². The van der Waals surface area contributed by atoms with E-state index in [1.165, 1.54) is 0 Å². The number of likely N-dealkylation sites (tertiary alicyclic amines) is 1. The van der Waals surface area contributed by atoms with E-state index in [-0.39, 0.29) is 23.5 Å². The molecule has 2 saturated heterocycles. The van der Waals surface area contributed by atoms with Gasteiger partial charge in [-0.05, 0) is 42.5 Å². The number of anilines is 2. The predicted molar refractivity (Wildman–Crippen MR) is 128 cm³/mol. The first-order valence-electron chi connectivity index (χ1n) is 11.8. The van der Waals surface area contributed by atoms with Gasteiger partial charge < -0.3 is 15.0 Å². The molecule has 3 aromatic rings. The number of nitrogens with one attached hydrogen (secondary N) is 1. The van der Waals surface area contributed by atoms with E-state index in [9.17, 15) is 18.4 Å². The molecule has 2 amide bonds. The van der Waals surface area contributed by atoms with Crippen molar-refractivity contribution in [1.82, 2.24) is 20.4 Å². The van der Waals surface area contributed by atoms with Gasteiger partial charge in [0, 0.05) is 56.3 Å². The van der Waals surface area contributed by atoms with Gasteiger partial charge in [-0.1, -0.05) is 0 Å². The molecule has 0 spiro atoms. The van der Waals surface area contributed by atoms with Crippen LogP contribution in [0.2, 0.25) is 0 Å². The first-order chi connectivity index (χ1) is 17.5. The maximum atomic E-state index is 13.5. The first-order valence-corrected chi connectivity index (χ1v) is 11.8. The molecule has 36 heavy (non-hydrogen) atoms. The van der Waals surface area contributed by atoms with Gasteiger partial charge in [-0.2, -0.15) is 10.2 Å². The highest BCUT2D eigenvalue weighted by atomic mass is 19.1. The molecule has 0 bridgehead atoms. The number of ether oxygens (including phenoxy) is 1. The third-order valence-corrected chi connectivity index (χ3v) is 6.41. The Bertz CT molecular complexity index is 1210. The molecular formula is C26H25F2N5O3. The lowest BCUT2D eigenvalue weighted by Crippen LogP contribution is -2.51. The highest BCUT2D eigenvalue weighted by Crippen LogP contribution is 2.30. The number of nitrogens with zero attached hydrogens (tertiary/aromatic N) is 4. The Morgan fingerprint density at radius 3 is 2.22 bits per heavy atom. The zero-order valence-corrected chi connectivity index (χ0v) is 19.4. The van der Waals surface area contributed by atoms with Crippen molar-refractivity contribution in [3.63, 3.8) is 0 Å². The van der Waals surface area contributed by atoms with Crippen molar-refractivity contribution in [2.75, 3.05) is 31.1 Å². The van der Waals surface area contributed by atoms with Crippen LogP contribution in [0, 0.1) is 17.6 Å². The quantitative estimate of drug-likeness (QED) is 0.567. The van der Waals surface area contributed by atoms with E-state index in [1.54, 1.807) is 28.3 Å². The Labute approximate surface area is 206 Å². The minimum Gasteiger partial charge on any atom is -0.490 e. The smallest absolute Gasteiger partial charge is 0.254 e. The van der Waals surface area contributed by atoms with Crippen LogP contribution in [0.5, 0.6) is 5.75 Å². The summed E-state index contributed by atoms with van der Waals surface area (Å²) < 4.78 is 33.1. The number of aromatic nitrogens is 2. The lowest BCUT2D eigenvalue weighted by atomic mass is 10.0. The summed E-state index contributed by atoms with van der Waals surface area (Å²) in [4.78, 5) is 28.9. The van der Waals surface area contributed by atoms with Crippen molar-refractivity contribution in [2.24, 2.45) is 5.92 Å². The molecule has 1 aromatic heterocycles. The maximum Gasteiger partial charge on any atom is 0.254 e. The van der Waals surface area contributed by atoms with Gasteiger partial charge in [-0.25, -0.2) is 8.78 Å². The summed E-state index contributed by atoms with van der Waals surface area (Å²) in [5.41, 5.74) is 1.35. The molecule has 0 radical (unpaired) electrons. The third-order valence-electron chi connectivity index (χ3n) is 6.41. The van der Waals surface area contributed by atoms with Crippen LogP contribution >= 0.6 is 0 Å². The molecule has 2 aromatic carbocycles. The summed E-state index contributed by atoms with van der Waals surface area (Å²) in [5.74, 6) is -1.39. The minimum atomic E-state index is -0.773. The van der Waals surface area contributed by atoms with Gasteiger partial charge in [0.25, 0.3) is 5.91 Å². The summed E-state index contributed by atoms with van der Waals surface area (Å²) in [7, 11) is 0. The zero-order chi connectivity index (χ0) is 25.1. The summed E-state index contributed by atoms with van der Waals surface area (Å²) in [6, 6.07) is 11.9. The number of halogens is 2. The van der Waals surface area contributed by atoms with Gasteiger partial charge in [0.1, 0.15) is 23.5 Å². The molecule has 3 heterocycles. The normalized spacial score (nSPS) is 16.3. The number of piperidine rings is 1. The van der Waals surface area contributed by atoms with Gasteiger partial charge in [-0.15, -0.1) is 0 Å². The van der Waals surface area contributed by atoms with Gasteiger partial charge in [0.05, 0.1) is 24.0 Å². The zero-order valence-electron chi connectivity index (χ0n) is 19.4. The van der Waals surface area contributed by atoms with Crippen LogP contribution in [0.4, 0.5) is 20.2 Å². The van der Waals surface area contributed by atoms with Gasteiger partial charge >= 0.3 is 0 Å². The van der Waals surface area contributed by atoms with Crippen molar-refractivity contribution in [2.45, 2.75) is 18.9 Å². The van der Waals surface area contributed by atoms with E-state index >= 15 is 0 Å². The number of hydrogen-bond acceptors (Lipinski definition) is 6. The molecule has 8 nitrogen and oxygen atoms in total. The molecule has 1 N–H and O–H groups in total. The standard InChI is InChI=1S/C26H25F2N5O3/c27-19-11-17(12-20(28)13-19)25(34)32-9-6-24(7-10-32)36-23-3-1-21(2-4-23)33(22-5-8-30-31-16-22)26(35)18-14-29-15-18/h1-5,8,11-13,16,18,24,29H,6-7,9-10,14-15H2. The molecule has 2 fully saturated rings. The topological polar surface area (TPSA) is 87.7 Å². The molecule has 0 unspecified atom stereocenters. The SMILES string of the molecule is O=C(c1cc(F)cc(F)c1)N1CCC(Oc2ccc(N(C(=O)C3CNC3)c3ccnnc3)cc2)CC1. The fourth-order valence-electron chi connectivity index (χ4n) is 4.37. The number of amides is 2. The van der Waals surface area contributed by atoms with Crippen molar-refractivity contribution >= 4 is 23.2 Å². The highest BCUT2D eigenvalue weighted by molar-refractivity contribution is 6.02. The maximum absolute atomic E-state index is 13.5. The molecule has 0 atom stereocenters. The van der Waals surface area contributed by atoms with E-state index < -0.39 is 17.5 Å². The molecule has 10 heteroatoms. The average Bonchev–Trinajstić information content (AvgIpc) is 2.84. The minimum absolute atomic E-state index is 0.00337. The Balaban J connectivity index is 1.21.